The molecule has 5 rings (SSSR count). The minimum Gasteiger partial charge on any atom is -0.392 e. The van der Waals surface area contributed by atoms with Crippen LogP contribution < -0.4 is 14.7 Å². The van der Waals surface area contributed by atoms with Gasteiger partial charge >= 0.3 is 0 Å². The average Bonchev–Trinajstić information content (AvgIpc) is 3.30. The molecule has 2 saturated heterocycles. The predicted octanol–water partition coefficient (Wildman–Crippen LogP) is 4.53. The molecule has 0 aliphatic carbocycles. The maximum Gasteiger partial charge on any atom is 0.228 e. The van der Waals surface area contributed by atoms with E-state index in [9.17, 15) is 9.50 Å². The van der Waals surface area contributed by atoms with Gasteiger partial charge in [0.15, 0.2) is 0 Å². The smallest absolute Gasteiger partial charge is 0.228 e. The number of hydrogen-bond donors (Lipinski definition) is 1. The van der Waals surface area contributed by atoms with Gasteiger partial charge in [-0.3, -0.25) is 0 Å². The molecule has 2 fully saturated rings. The lowest BCUT2D eigenvalue weighted by atomic mass is 10.1. The Balaban J connectivity index is 1.44. The van der Waals surface area contributed by atoms with Crippen LogP contribution in [0.4, 0.5) is 22.0 Å². The van der Waals surface area contributed by atoms with E-state index in [1.54, 1.807) is 24.4 Å². The molecule has 4 heterocycles. The van der Waals surface area contributed by atoms with Crippen LogP contribution in [0.5, 0.6) is 0 Å². The van der Waals surface area contributed by atoms with Crippen molar-refractivity contribution in [3.63, 3.8) is 0 Å². The Morgan fingerprint density at radius 3 is 2.49 bits per heavy atom. The van der Waals surface area contributed by atoms with E-state index in [0.717, 1.165) is 67.9 Å². The Kier molecular flexibility index (Phi) is 6.75. The Hall–Kier alpha value is -2.97. The summed E-state index contributed by atoms with van der Waals surface area (Å²) in [5.41, 5.74) is 2.36. The Bertz CT molecular complexity index is 1190. The number of halogens is 2. The van der Waals surface area contributed by atoms with Gasteiger partial charge in [-0.15, -0.1) is 0 Å². The predicted molar refractivity (Wildman–Crippen MR) is 138 cm³/mol. The molecule has 2 aromatic heterocycles. The van der Waals surface area contributed by atoms with E-state index in [1.807, 2.05) is 6.07 Å². The summed E-state index contributed by atoms with van der Waals surface area (Å²) in [4.78, 5) is 21.1. The fourth-order valence-corrected chi connectivity index (χ4v) is 5.28. The van der Waals surface area contributed by atoms with E-state index in [1.165, 1.54) is 12.1 Å². The maximum atomic E-state index is 13.6. The zero-order valence-electron chi connectivity index (χ0n) is 20.0. The number of nitrogens with zero attached hydrogens (tertiary/aromatic N) is 6. The summed E-state index contributed by atoms with van der Waals surface area (Å²) >= 11 is 6.47. The zero-order valence-corrected chi connectivity index (χ0v) is 20.8. The number of hydrogen-bond acceptors (Lipinski definition) is 7. The third-order valence-corrected chi connectivity index (χ3v) is 7.21. The maximum absolute atomic E-state index is 13.6. The minimum absolute atomic E-state index is 0.0841. The van der Waals surface area contributed by atoms with Crippen molar-refractivity contribution in [1.29, 1.82) is 0 Å². The minimum atomic E-state index is -0.263. The highest BCUT2D eigenvalue weighted by Crippen LogP contribution is 2.32. The van der Waals surface area contributed by atoms with E-state index in [-0.39, 0.29) is 18.5 Å². The van der Waals surface area contributed by atoms with E-state index in [4.69, 9.17) is 21.6 Å². The van der Waals surface area contributed by atoms with Crippen molar-refractivity contribution in [2.24, 2.45) is 0 Å². The molecule has 35 heavy (non-hydrogen) atoms. The molecule has 7 nitrogen and oxygen atoms in total. The molecule has 0 radical (unpaired) electrons. The quantitative estimate of drug-likeness (QED) is 0.556. The van der Waals surface area contributed by atoms with Crippen LogP contribution in [0.1, 0.15) is 32.3 Å². The van der Waals surface area contributed by atoms with Gasteiger partial charge in [0.2, 0.25) is 5.95 Å². The molecule has 3 aromatic rings. The van der Waals surface area contributed by atoms with Crippen LogP contribution in [0, 0.1) is 5.82 Å². The summed E-state index contributed by atoms with van der Waals surface area (Å²) in [7, 11) is 0. The van der Waals surface area contributed by atoms with Gasteiger partial charge in [-0.05, 0) is 62.6 Å². The van der Waals surface area contributed by atoms with Crippen LogP contribution >= 0.6 is 11.6 Å². The molecule has 1 aromatic carbocycles. The second-order valence-electron chi connectivity index (χ2n) is 9.40. The first-order chi connectivity index (χ1) is 16.9. The molecule has 0 saturated carbocycles. The molecule has 9 heteroatoms. The first-order valence-corrected chi connectivity index (χ1v) is 12.5. The van der Waals surface area contributed by atoms with Crippen LogP contribution in [0.2, 0.25) is 5.02 Å². The summed E-state index contributed by atoms with van der Waals surface area (Å²) in [6.45, 7) is 7.44. The van der Waals surface area contributed by atoms with Crippen molar-refractivity contribution in [3.05, 3.63) is 59.0 Å². The summed E-state index contributed by atoms with van der Waals surface area (Å²) in [5.74, 6) is 2.07. The number of rotatable bonds is 5. The number of aliphatic hydroxyl groups is 1. The first kappa shape index (κ1) is 23.8. The molecule has 0 spiro atoms. The highest BCUT2D eigenvalue weighted by Gasteiger charge is 2.29. The second kappa shape index (κ2) is 9.95. The van der Waals surface area contributed by atoms with Crippen molar-refractivity contribution in [2.45, 2.75) is 45.4 Å². The van der Waals surface area contributed by atoms with Crippen LogP contribution in [0.25, 0.3) is 11.3 Å². The lowest BCUT2D eigenvalue weighted by molar-refractivity contribution is 0.281. The highest BCUT2D eigenvalue weighted by atomic mass is 35.5. The first-order valence-electron chi connectivity index (χ1n) is 12.1. The van der Waals surface area contributed by atoms with E-state index in [2.05, 4.69) is 33.5 Å². The lowest BCUT2D eigenvalue weighted by Crippen LogP contribution is -2.52. The van der Waals surface area contributed by atoms with Gasteiger partial charge < -0.3 is 19.8 Å². The van der Waals surface area contributed by atoms with E-state index >= 15 is 0 Å². The van der Waals surface area contributed by atoms with Gasteiger partial charge in [-0.2, -0.15) is 4.98 Å². The standard InChI is InChI=1S/C26H30ClFN6O/c1-17-4-3-9-34(17)26-30-23(20-5-7-21(28)8-6-20)13-24(31-26)33-11-10-32(15-18(33)2)25-22(27)12-19(16-35)14-29-25/h5-8,12-14,17-18,35H,3-4,9-11,15-16H2,1-2H3/t17?,18-/m1/s1. The van der Waals surface area contributed by atoms with Crippen molar-refractivity contribution in [1.82, 2.24) is 15.0 Å². The summed E-state index contributed by atoms with van der Waals surface area (Å²) in [5, 5.41) is 9.89. The largest absolute Gasteiger partial charge is 0.392 e. The third kappa shape index (κ3) is 4.90. The molecular formula is C26H30ClFN6O. The Morgan fingerprint density at radius 1 is 1.03 bits per heavy atom. The number of piperazine rings is 1. The van der Waals surface area contributed by atoms with Gasteiger partial charge in [0.25, 0.3) is 0 Å². The van der Waals surface area contributed by atoms with Crippen molar-refractivity contribution >= 4 is 29.2 Å². The van der Waals surface area contributed by atoms with Crippen LogP contribution in [0.15, 0.2) is 42.6 Å². The molecule has 184 valence electrons. The third-order valence-electron chi connectivity index (χ3n) is 6.93. The van der Waals surface area contributed by atoms with Gasteiger partial charge in [-0.25, -0.2) is 14.4 Å². The molecule has 2 atom stereocenters. The second-order valence-corrected chi connectivity index (χ2v) is 9.81. The molecule has 2 aliphatic rings. The van der Waals surface area contributed by atoms with Crippen molar-refractivity contribution in [3.8, 4) is 11.3 Å². The highest BCUT2D eigenvalue weighted by molar-refractivity contribution is 6.33. The number of aromatic nitrogens is 3. The fourth-order valence-electron chi connectivity index (χ4n) is 4.98. The SMILES string of the molecule is CC1CCCN1c1nc(-c2ccc(F)cc2)cc(N2CCN(c3ncc(CO)cc3Cl)C[C@H]2C)n1. The molecule has 0 bridgehead atoms. The molecule has 1 N–H and O–H groups in total. The number of anilines is 3. The Labute approximate surface area is 210 Å². The number of pyridine rings is 1. The zero-order chi connectivity index (χ0) is 24.5. The van der Waals surface area contributed by atoms with E-state index < -0.39 is 0 Å². The average molecular weight is 497 g/mol. The van der Waals surface area contributed by atoms with E-state index in [0.29, 0.717) is 16.6 Å². The van der Waals surface area contributed by atoms with Crippen molar-refractivity contribution in [2.75, 3.05) is 40.9 Å². The fraction of sp³-hybridized carbons (Fsp3) is 0.423. The molecule has 2 aliphatic heterocycles. The Morgan fingerprint density at radius 2 is 1.83 bits per heavy atom. The van der Waals surface area contributed by atoms with Crippen LogP contribution in [0.3, 0.4) is 0 Å². The van der Waals surface area contributed by atoms with Gasteiger partial charge in [0, 0.05) is 56.1 Å². The van der Waals surface area contributed by atoms with Crippen LogP contribution in [-0.4, -0.2) is 58.3 Å². The lowest BCUT2D eigenvalue weighted by Gasteiger charge is -2.41. The van der Waals surface area contributed by atoms with Gasteiger partial charge in [0.05, 0.1) is 17.3 Å². The number of aliphatic hydroxyl groups excluding tert-OH is 1. The molecular weight excluding hydrogens is 467 g/mol. The normalized spacial score (nSPS) is 20.5. The van der Waals surface area contributed by atoms with Crippen molar-refractivity contribution < 1.29 is 9.50 Å². The monoisotopic (exact) mass is 496 g/mol. The summed E-state index contributed by atoms with van der Waals surface area (Å²) in [6.07, 6.45) is 3.91. The van der Waals surface area contributed by atoms with Crippen LogP contribution in [-0.2, 0) is 6.61 Å². The molecule has 0 amide bonds. The number of benzene rings is 1. The molecule has 1 unspecified atom stereocenters. The summed E-state index contributed by atoms with van der Waals surface area (Å²) < 4.78 is 13.6. The summed E-state index contributed by atoms with van der Waals surface area (Å²) in [6, 6.07) is 10.8. The topological polar surface area (TPSA) is 68.6 Å². The van der Waals surface area contributed by atoms with Gasteiger partial charge in [-0.1, -0.05) is 11.6 Å². The van der Waals surface area contributed by atoms with Gasteiger partial charge in [0.1, 0.15) is 17.5 Å².